The number of aliphatic imine (C=N–C) groups is 1. The second-order valence-electron chi connectivity index (χ2n) is 7.80. The Labute approximate surface area is 159 Å². The van der Waals surface area contributed by atoms with Gasteiger partial charge in [0.25, 0.3) is 5.91 Å². The first-order chi connectivity index (χ1) is 12.3. The van der Waals surface area contributed by atoms with Gasteiger partial charge in [0.15, 0.2) is 5.96 Å². The molecule has 26 heavy (non-hydrogen) atoms. The lowest BCUT2D eigenvalue weighted by Crippen LogP contribution is -2.41. The van der Waals surface area contributed by atoms with Gasteiger partial charge in [-0.2, -0.15) is 0 Å². The van der Waals surface area contributed by atoms with Crippen molar-refractivity contribution in [3.05, 3.63) is 35.4 Å². The lowest BCUT2D eigenvalue weighted by atomic mass is 9.87. The average Bonchev–Trinajstić information content (AvgIpc) is 2.61. The van der Waals surface area contributed by atoms with Crippen LogP contribution >= 0.6 is 0 Å². The number of benzene rings is 1. The van der Waals surface area contributed by atoms with E-state index in [1.165, 1.54) is 25.7 Å². The molecule has 0 radical (unpaired) electrons. The van der Waals surface area contributed by atoms with Gasteiger partial charge in [-0.25, -0.2) is 0 Å². The second kappa shape index (κ2) is 10.8. The maximum absolute atomic E-state index is 11.9. The zero-order chi connectivity index (χ0) is 19.6. The van der Waals surface area contributed by atoms with Gasteiger partial charge < -0.3 is 15.5 Å². The first-order valence-electron chi connectivity index (χ1n) is 9.54. The van der Waals surface area contributed by atoms with Crippen LogP contribution in [-0.2, 0) is 6.54 Å². The predicted octanol–water partition coefficient (Wildman–Crippen LogP) is 3.66. The Morgan fingerprint density at radius 2 is 1.77 bits per heavy atom. The van der Waals surface area contributed by atoms with Crippen molar-refractivity contribution in [2.75, 3.05) is 27.7 Å². The third kappa shape index (κ3) is 7.89. The summed E-state index contributed by atoms with van der Waals surface area (Å²) in [6.45, 7) is 8.39. The summed E-state index contributed by atoms with van der Waals surface area (Å²) in [4.78, 5) is 17.8. The molecule has 0 spiro atoms. The van der Waals surface area contributed by atoms with Crippen LogP contribution in [0.4, 0.5) is 0 Å². The molecule has 1 amide bonds. The SMILES string of the molecule is CCCCCC(C)(C)CNC(=NC)NCc1ccc(C(=O)N(C)C)cc1. The van der Waals surface area contributed by atoms with Crippen molar-refractivity contribution < 1.29 is 4.79 Å². The lowest BCUT2D eigenvalue weighted by molar-refractivity contribution is 0.0827. The fourth-order valence-electron chi connectivity index (χ4n) is 2.69. The number of carbonyl (C=O) groups is 1. The summed E-state index contributed by atoms with van der Waals surface area (Å²) in [6, 6.07) is 7.69. The molecule has 1 aromatic rings. The van der Waals surface area contributed by atoms with Crippen LogP contribution in [0.15, 0.2) is 29.3 Å². The minimum Gasteiger partial charge on any atom is -0.356 e. The summed E-state index contributed by atoms with van der Waals surface area (Å²) in [7, 11) is 5.31. The van der Waals surface area contributed by atoms with Crippen LogP contribution in [0.25, 0.3) is 0 Å². The summed E-state index contributed by atoms with van der Waals surface area (Å²) in [5.74, 6) is 0.828. The Balaban J connectivity index is 2.48. The molecule has 0 aliphatic carbocycles. The number of guanidine groups is 1. The van der Waals surface area contributed by atoms with Crippen LogP contribution in [0.2, 0.25) is 0 Å². The number of unbranched alkanes of at least 4 members (excludes halogenated alkanes) is 2. The predicted molar refractivity (Wildman–Crippen MR) is 111 cm³/mol. The molecular formula is C21H36N4O. The van der Waals surface area contributed by atoms with E-state index < -0.39 is 0 Å². The van der Waals surface area contributed by atoms with E-state index >= 15 is 0 Å². The van der Waals surface area contributed by atoms with Gasteiger partial charge in [-0.1, -0.05) is 52.2 Å². The summed E-state index contributed by atoms with van der Waals surface area (Å²) in [6.07, 6.45) is 5.04. The fraction of sp³-hybridized carbons (Fsp3) is 0.619. The Bertz CT molecular complexity index is 576. The first kappa shape index (κ1) is 22.0. The molecule has 2 N–H and O–H groups in total. The number of amides is 1. The van der Waals surface area contributed by atoms with Crippen molar-refractivity contribution in [3.8, 4) is 0 Å². The molecule has 0 aliphatic heterocycles. The largest absolute Gasteiger partial charge is 0.356 e. The molecular weight excluding hydrogens is 324 g/mol. The average molecular weight is 361 g/mol. The molecule has 0 fully saturated rings. The third-order valence-corrected chi connectivity index (χ3v) is 4.48. The molecule has 0 unspecified atom stereocenters. The van der Waals surface area contributed by atoms with Crippen molar-refractivity contribution in [2.24, 2.45) is 10.4 Å². The molecule has 5 nitrogen and oxygen atoms in total. The minimum absolute atomic E-state index is 0.0206. The summed E-state index contributed by atoms with van der Waals surface area (Å²) in [5, 5.41) is 6.77. The van der Waals surface area contributed by atoms with Crippen molar-refractivity contribution >= 4 is 11.9 Å². The van der Waals surface area contributed by atoms with Gasteiger partial charge >= 0.3 is 0 Å². The van der Waals surface area contributed by atoms with Crippen LogP contribution in [0.1, 0.15) is 62.4 Å². The molecule has 0 heterocycles. The van der Waals surface area contributed by atoms with Crippen molar-refractivity contribution in [1.82, 2.24) is 15.5 Å². The zero-order valence-electron chi connectivity index (χ0n) is 17.4. The lowest BCUT2D eigenvalue weighted by Gasteiger charge is -2.26. The molecule has 0 saturated carbocycles. The van der Waals surface area contributed by atoms with Crippen LogP contribution < -0.4 is 10.6 Å². The van der Waals surface area contributed by atoms with E-state index in [9.17, 15) is 4.79 Å². The molecule has 0 atom stereocenters. The summed E-state index contributed by atoms with van der Waals surface area (Å²) >= 11 is 0. The molecule has 0 aromatic heterocycles. The fourth-order valence-corrected chi connectivity index (χ4v) is 2.69. The molecule has 1 aromatic carbocycles. The quantitative estimate of drug-likeness (QED) is 0.401. The van der Waals surface area contributed by atoms with Crippen molar-refractivity contribution in [3.63, 3.8) is 0 Å². The van der Waals surface area contributed by atoms with Gasteiger partial charge in [-0.05, 0) is 29.5 Å². The normalized spacial score (nSPS) is 12.0. The smallest absolute Gasteiger partial charge is 0.253 e. The molecule has 1 rings (SSSR count). The van der Waals surface area contributed by atoms with Crippen LogP contribution in [-0.4, -0.2) is 44.5 Å². The Morgan fingerprint density at radius 3 is 2.31 bits per heavy atom. The summed E-state index contributed by atoms with van der Waals surface area (Å²) < 4.78 is 0. The maximum Gasteiger partial charge on any atom is 0.253 e. The van der Waals surface area contributed by atoms with Gasteiger partial charge in [0.1, 0.15) is 0 Å². The summed E-state index contributed by atoms with van der Waals surface area (Å²) in [5.41, 5.74) is 2.07. The van der Waals surface area contributed by atoms with Crippen LogP contribution in [0, 0.1) is 5.41 Å². The standard InChI is InChI=1S/C21H36N4O/c1-7-8-9-14-21(2,3)16-24-20(22-4)23-15-17-10-12-18(13-11-17)19(26)25(5)6/h10-13H,7-9,14-16H2,1-6H3,(H2,22,23,24). The van der Waals surface area contributed by atoms with E-state index in [4.69, 9.17) is 0 Å². The second-order valence-corrected chi connectivity index (χ2v) is 7.80. The Kier molecular flexibility index (Phi) is 9.17. The van der Waals surface area contributed by atoms with E-state index in [1.807, 2.05) is 24.3 Å². The van der Waals surface area contributed by atoms with Crippen LogP contribution in [0.5, 0.6) is 0 Å². The number of hydrogen-bond acceptors (Lipinski definition) is 2. The number of nitrogens with zero attached hydrogens (tertiary/aromatic N) is 2. The number of nitrogens with one attached hydrogen (secondary N) is 2. The number of hydrogen-bond donors (Lipinski definition) is 2. The van der Waals surface area contributed by atoms with Crippen LogP contribution in [0.3, 0.4) is 0 Å². The molecule has 0 saturated heterocycles. The van der Waals surface area contributed by atoms with E-state index in [-0.39, 0.29) is 11.3 Å². The topological polar surface area (TPSA) is 56.7 Å². The third-order valence-electron chi connectivity index (χ3n) is 4.48. The van der Waals surface area contributed by atoms with Gasteiger partial charge in [-0.3, -0.25) is 9.79 Å². The molecule has 5 heteroatoms. The monoisotopic (exact) mass is 360 g/mol. The van der Waals surface area contributed by atoms with Gasteiger partial charge in [0.05, 0.1) is 0 Å². The van der Waals surface area contributed by atoms with Crippen molar-refractivity contribution in [1.29, 1.82) is 0 Å². The molecule has 0 aliphatic rings. The van der Waals surface area contributed by atoms with Gasteiger partial charge in [0.2, 0.25) is 0 Å². The zero-order valence-corrected chi connectivity index (χ0v) is 17.4. The maximum atomic E-state index is 11.9. The Hall–Kier alpha value is -2.04. The van der Waals surface area contributed by atoms with Crippen molar-refractivity contribution in [2.45, 2.75) is 53.0 Å². The minimum atomic E-state index is 0.0206. The first-order valence-corrected chi connectivity index (χ1v) is 9.54. The van der Waals surface area contributed by atoms with Gasteiger partial charge in [-0.15, -0.1) is 0 Å². The highest BCUT2D eigenvalue weighted by Gasteiger charge is 2.17. The Morgan fingerprint density at radius 1 is 1.12 bits per heavy atom. The van der Waals surface area contributed by atoms with E-state index in [2.05, 4.69) is 36.4 Å². The number of rotatable bonds is 9. The highest BCUT2D eigenvalue weighted by Crippen LogP contribution is 2.22. The molecule has 146 valence electrons. The van der Waals surface area contributed by atoms with E-state index in [0.29, 0.717) is 12.1 Å². The van der Waals surface area contributed by atoms with E-state index in [1.54, 1.807) is 26.0 Å². The van der Waals surface area contributed by atoms with Gasteiger partial charge in [0, 0.05) is 39.8 Å². The highest BCUT2D eigenvalue weighted by atomic mass is 16.2. The highest BCUT2D eigenvalue weighted by molar-refractivity contribution is 5.93. The molecule has 0 bridgehead atoms. The number of carbonyl (C=O) groups excluding carboxylic acids is 1. The van der Waals surface area contributed by atoms with E-state index in [0.717, 1.165) is 18.1 Å².